The van der Waals surface area contributed by atoms with Gasteiger partial charge in [0.05, 0.1) is 22.6 Å². The Morgan fingerprint density at radius 3 is 2.83 bits per heavy atom. The molecule has 3 rings (SSSR count). The summed E-state index contributed by atoms with van der Waals surface area (Å²) in [5.41, 5.74) is 0.907. The Kier molecular flexibility index (Phi) is 5.81. The van der Waals surface area contributed by atoms with E-state index in [-0.39, 0.29) is 29.8 Å². The number of aromatic nitrogens is 1. The zero-order valence-electron chi connectivity index (χ0n) is 14.3. The number of thiazole rings is 1. The first kappa shape index (κ1) is 17.7. The highest BCUT2D eigenvalue weighted by Gasteiger charge is 2.38. The maximum atomic E-state index is 12.7. The molecule has 5 nitrogen and oxygen atoms in total. The summed E-state index contributed by atoms with van der Waals surface area (Å²) in [4.78, 5) is 31.7. The number of amides is 2. The maximum Gasteiger partial charge on any atom is 0.244 e. The molecule has 2 unspecified atom stereocenters. The molecular weight excluding hydrogens is 342 g/mol. The molecule has 0 spiro atoms. The van der Waals surface area contributed by atoms with Gasteiger partial charge in [-0.25, -0.2) is 4.98 Å². The van der Waals surface area contributed by atoms with Crippen molar-refractivity contribution in [2.75, 3.05) is 11.6 Å². The second-order valence-corrected chi connectivity index (χ2v) is 8.50. The van der Waals surface area contributed by atoms with E-state index in [1.54, 1.807) is 28.0 Å². The number of thioether (sulfide) groups is 1. The first-order valence-electron chi connectivity index (χ1n) is 8.73. The van der Waals surface area contributed by atoms with Gasteiger partial charge in [0.2, 0.25) is 11.8 Å². The van der Waals surface area contributed by atoms with Gasteiger partial charge in [0, 0.05) is 17.1 Å². The molecule has 24 heavy (non-hydrogen) atoms. The van der Waals surface area contributed by atoms with E-state index in [0.717, 1.165) is 42.8 Å². The van der Waals surface area contributed by atoms with Gasteiger partial charge in [-0.15, -0.1) is 23.1 Å². The smallest absolute Gasteiger partial charge is 0.244 e. The molecule has 2 atom stereocenters. The van der Waals surface area contributed by atoms with Crippen LogP contribution in [0.15, 0.2) is 5.38 Å². The van der Waals surface area contributed by atoms with Gasteiger partial charge in [-0.2, -0.15) is 0 Å². The molecule has 1 aliphatic carbocycles. The molecule has 7 heteroatoms. The first-order chi connectivity index (χ1) is 11.6. The van der Waals surface area contributed by atoms with Crippen LogP contribution in [0.2, 0.25) is 0 Å². The number of aryl methyl sites for hydroxylation is 1. The monoisotopic (exact) mass is 367 g/mol. The summed E-state index contributed by atoms with van der Waals surface area (Å²) in [6.45, 7) is 4.03. The van der Waals surface area contributed by atoms with E-state index in [1.807, 2.05) is 12.3 Å². The lowest BCUT2D eigenvalue weighted by molar-refractivity contribution is -0.141. The summed E-state index contributed by atoms with van der Waals surface area (Å²) in [5, 5.41) is 6.14. The minimum atomic E-state index is -0.338. The predicted octanol–water partition coefficient (Wildman–Crippen LogP) is 2.97. The van der Waals surface area contributed by atoms with E-state index < -0.39 is 0 Å². The van der Waals surface area contributed by atoms with Gasteiger partial charge in [-0.3, -0.25) is 9.59 Å². The van der Waals surface area contributed by atoms with Gasteiger partial charge < -0.3 is 10.2 Å². The van der Waals surface area contributed by atoms with Crippen LogP contribution < -0.4 is 5.32 Å². The standard InChI is InChI=1S/C17H25N3O2S2/c1-3-15-19-13(8-24-15)11(2)18-16(21)14-9-23-10-20(14)17(22)12-6-4-5-7-12/h8,11-12,14H,3-7,9-10H2,1-2H3,(H,18,21). The average Bonchev–Trinajstić information content (AvgIpc) is 3.34. The van der Waals surface area contributed by atoms with Crippen molar-refractivity contribution in [3.05, 3.63) is 16.1 Å². The van der Waals surface area contributed by atoms with Crippen LogP contribution >= 0.6 is 23.1 Å². The zero-order valence-corrected chi connectivity index (χ0v) is 15.9. The van der Waals surface area contributed by atoms with Crippen molar-refractivity contribution in [3.8, 4) is 0 Å². The molecule has 1 saturated carbocycles. The van der Waals surface area contributed by atoms with Crippen molar-refractivity contribution in [2.24, 2.45) is 5.92 Å². The number of nitrogens with zero attached hydrogens (tertiary/aromatic N) is 2. The van der Waals surface area contributed by atoms with Crippen LogP contribution in [0, 0.1) is 5.92 Å². The van der Waals surface area contributed by atoms with E-state index >= 15 is 0 Å². The third-order valence-corrected chi connectivity index (χ3v) is 6.87. The molecule has 0 radical (unpaired) electrons. The van der Waals surface area contributed by atoms with Gasteiger partial charge in [-0.05, 0) is 26.2 Å². The third kappa shape index (κ3) is 3.77. The fourth-order valence-corrected chi connectivity index (χ4v) is 5.36. The van der Waals surface area contributed by atoms with Crippen LogP contribution in [0.3, 0.4) is 0 Å². The summed E-state index contributed by atoms with van der Waals surface area (Å²) in [6, 6.07) is -0.460. The molecule has 2 aliphatic rings. The number of nitrogens with one attached hydrogen (secondary N) is 1. The van der Waals surface area contributed by atoms with E-state index in [1.165, 1.54) is 0 Å². The fourth-order valence-electron chi connectivity index (χ4n) is 3.35. The highest BCUT2D eigenvalue weighted by Crippen LogP contribution is 2.31. The number of carbonyl (C=O) groups excluding carboxylic acids is 2. The third-order valence-electron chi connectivity index (χ3n) is 4.85. The number of rotatable bonds is 5. The normalized spacial score (nSPS) is 22.8. The minimum absolute atomic E-state index is 0.0510. The van der Waals surface area contributed by atoms with Crippen molar-refractivity contribution in [1.82, 2.24) is 15.2 Å². The molecule has 1 aromatic rings. The Bertz CT molecular complexity index is 598. The fraction of sp³-hybridized carbons (Fsp3) is 0.706. The Morgan fingerprint density at radius 2 is 2.17 bits per heavy atom. The van der Waals surface area contributed by atoms with Gasteiger partial charge >= 0.3 is 0 Å². The lowest BCUT2D eigenvalue weighted by Crippen LogP contribution is -2.49. The quantitative estimate of drug-likeness (QED) is 0.869. The van der Waals surface area contributed by atoms with Crippen LogP contribution in [-0.2, 0) is 16.0 Å². The van der Waals surface area contributed by atoms with Gasteiger partial charge in [0.15, 0.2) is 0 Å². The topological polar surface area (TPSA) is 62.3 Å². The summed E-state index contributed by atoms with van der Waals surface area (Å²) in [5.74, 6) is 1.58. The van der Waals surface area contributed by atoms with Crippen LogP contribution in [-0.4, -0.2) is 39.4 Å². The Morgan fingerprint density at radius 1 is 1.42 bits per heavy atom. The van der Waals surface area contributed by atoms with Crippen LogP contribution in [0.4, 0.5) is 0 Å². The summed E-state index contributed by atoms with van der Waals surface area (Å²) in [6.07, 6.45) is 5.13. The van der Waals surface area contributed by atoms with E-state index in [4.69, 9.17) is 0 Å². The highest BCUT2D eigenvalue weighted by molar-refractivity contribution is 7.99. The van der Waals surface area contributed by atoms with Gasteiger partial charge in [0.25, 0.3) is 0 Å². The summed E-state index contributed by atoms with van der Waals surface area (Å²) < 4.78 is 0. The van der Waals surface area contributed by atoms with Crippen molar-refractivity contribution in [1.29, 1.82) is 0 Å². The average molecular weight is 368 g/mol. The molecule has 2 amide bonds. The van der Waals surface area contributed by atoms with Gasteiger partial charge in [0.1, 0.15) is 6.04 Å². The number of hydrogen-bond acceptors (Lipinski definition) is 5. The molecule has 1 aliphatic heterocycles. The van der Waals surface area contributed by atoms with E-state index in [9.17, 15) is 9.59 Å². The molecule has 1 saturated heterocycles. The first-order valence-corrected chi connectivity index (χ1v) is 10.8. The van der Waals surface area contributed by atoms with Crippen molar-refractivity contribution in [3.63, 3.8) is 0 Å². The molecule has 132 valence electrons. The molecule has 2 fully saturated rings. The second-order valence-electron chi connectivity index (χ2n) is 6.56. The SMILES string of the molecule is CCc1nc(C(C)NC(=O)C2CSCN2C(=O)C2CCCC2)cs1. The van der Waals surface area contributed by atoms with Crippen LogP contribution in [0.1, 0.15) is 56.3 Å². The molecule has 0 aromatic carbocycles. The Labute approximate surface area is 151 Å². The minimum Gasteiger partial charge on any atom is -0.346 e. The van der Waals surface area contributed by atoms with Crippen molar-refractivity contribution < 1.29 is 9.59 Å². The van der Waals surface area contributed by atoms with Crippen molar-refractivity contribution in [2.45, 2.75) is 58.0 Å². The lowest BCUT2D eigenvalue weighted by atomic mass is 10.1. The summed E-state index contributed by atoms with van der Waals surface area (Å²) in [7, 11) is 0. The van der Waals surface area contributed by atoms with Crippen LogP contribution in [0.5, 0.6) is 0 Å². The number of hydrogen-bond donors (Lipinski definition) is 1. The summed E-state index contributed by atoms with van der Waals surface area (Å²) >= 11 is 3.30. The van der Waals surface area contributed by atoms with E-state index in [2.05, 4.69) is 17.2 Å². The predicted molar refractivity (Wildman–Crippen MR) is 98.0 cm³/mol. The molecule has 2 heterocycles. The lowest BCUT2D eigenvalue weighted by Gasteiger charge is -2.26. The highest BCUT2D eigenvalue weighted by atomic mass is 32.2. The zero-order chi connectivity index (χ0) is 17.1. The maximum absolute atomic E-state index is 12.7. The van der Waals surface area contributed by atoms with E-state index in [0.29, 0.717) is 11.6 Å². The Balaban J connectivity index is 1.61. The second kappa shape index (κ2) is 7.87. The Hall–Kier alpha value is -1.08. The number of carbonyl (C=O) groups is 2. The molecular formula is C17H25N3O2S2. The van der Waals surface area contributed by atoms with Crippen LogP contribution in [0.25, 0.3) is 0 Å². The molecule has 1 N–H and O–H groups in total. The molecule has 0 bridgehead atoms. The van der Waals surface area contributed by atoms with Crippen molar-refractivity contribution >= 4 is 34.9 Å². The largest absolute Gasteiger partial charge is 0.346 e. The van der Waals surface area contributed by atoms with Gasteiger partial charge in [-0.1, -0.05) is 19.8 Å². The molecule has 1 aromatic heterocycles.